The number of thioether (sulfide) groups is 2. The quantitative estimate of drug-likeness (QED) is 0.173. The summed E-state index contributed by atoms with van der Waals surface area (Å²) in [5.74, 6) is -2.62. The van der Waals surface area contributed by atoms with Crippen molar-refractivity contribution in [3.05, 3.63) is 57.3 Å². The number of unbranched alkanes of at least 4 members (excludes halogenated alkanes) is 1. The molecule has 14 heteroatoms. The number of hydrogen-bond acceptors (Lipinski definition) is 10. The van der Waals surface area contributed by atoms with Gasteiger partial charge in [0, 0.05) is 16.3 Å². The highest BCUT2D eigenvalue weighted by Crippen LogP contribution is 2.50. The lowest BCUT2D eigenvalue weighted by atomic mass is 9.97. The summed E-state index contributed by atoms with van der Waals surface area (Å²) in [6, 6.07) is 12.1. The van der Waals surface area contributed by atoms with Crippen molar-refractivity contribution in [1.82, 2.24) is 9.80 Å². The van der Waals surface area contributed by atoms with Crippen molar-refractivity contribution in [1.29, 1.82) is 0 Å². The lowest BCUT2D eigenvalue weighted by Gasteiger charge is -2.35. The molecule has 1 atom stereocenters. The van der Waals surface area contributed by atoms with Crippen LogP contribution in [0.4, 0.5) is 11.4 Å². The van der Waals surface area contributed by atoms with Crippen molar-refractivity contribution in [3.63, 3.8) is 0 Å². The molecule has 1 unspecified atom stereocenters. The van der Waals surface area contributed by atoms with Crippen LogP contribution in [0.1, 0.15) is 50.7 Å². The zero-order chi connectivity index (χ0) is 33.1. The molecule has 5 rings (SSSR count). The van der Waals surface area contributed by atoms with Gasteiger partial charge in [0.05, 0.1) is 21.2 Å². The van der Waals surface area contributed by atoms with Crippen LogP contribution >= 0.6 is 59.7 Å². The fourth-order valence-corrected chi connectivity index (χ4v) is 9.02. The monoisotopic (exact) mass is 713 g/mol. The van der Waals surface area contributed by atoms with Crippen molar-refractivity contribution in [3.8, 4) is 0 Å². The number of aliphatic carboxylic acids is 2. The number of carbonyl (C=O) groups excluding carboxylic acids is 2. The smallest absolute Gasteiger partial charge is 0.323 e. The van der Waals surface area contributed by atoms with Crippen LogP contribution in [0.5, 0.6) is 0 Å². The molecule has 3 aliphatic heterocycles. The summed E-state index contributed by atoms with van der Waals surface area (Å²) in [6.07, 6.45) is 7.93. The van der Waals surface area contributed by atoms with Crippen LogP contribution in [-0.2, 0) is 19.2 Å². The van der Waals surface area contributed by atoms with Gasteiger partial charge in [0.25, 0.3) is 11.8 Å². The molecular weight excluding hydrogens is 683 g/mol. The summed E-state index contributed by atoms with van der Waals surface area (Å²) in [5.41, 5.74) is 3.71. The molecule has 0 spiro atoms. The molecule has 46 heavy (non-hydrogen) atoms. The predicted molar refractivity (Wildman–Crippen MR) is 192 cm³/mol. The van der Waals surface area contributed by atoms with Crippen LogP contribution in [0.2, 0.25) is 0 Å². The Bertz CT molecular complexity index is 1590. The molecule has 0 aliphatic carbocycles. The third kappa shape index (κ3) is 7.52. The van der Waals surface area contributed by atoms with Crippen molar-refractivity contribution in [2.45, 2.75) is 49.3 Å². The largest absolute Gasteiger partial charge is 0.480 e. The van der Waals surface area contributed by atoms with E-state index in [1.54, 1.807) is 23.9 Å². The molecule has 2 aromatic rings. The van der Waals surface area contributed by atoms with Gasteiger partial charge in [0.2, 0.25) is 0 Å². The second kappa shape index (κ2) is 14.7. The van der Waals surface area contributed by atoms with Gasteiger partial charge in [-0.3, -0.25) is 29.0 Å². The molecule has 0 aromatic heterocycles. The lowest BCUT2D eigenvalue weighted by Crippen LogP contribution is -2.33. The van der Waals surface area contributed by atoms with E-state index in [4.69, 9.17) is 24.4 Å². The SMILES string of the molecule is CCCCC(CC)CN1c2ccc(C=C3SC(=S)N(CC(=O)O)C3=O)cc2Sc2cc(C=C3SC(=S)N(CC(=O)O)C3=O)ccc21. The average Bonchev–Trinajstić information content (AvgIpc) is 3.41. The first-order chi connectivity index (χ1) is 22.0. The fourth-order valence-electron chi connectivity index (χ4n) is 5.32. The summed E-state index contributed by atoms with van der Waals surface area (Å²) < 4.78 is 0.437. The number of carboxylic acid groups (broad SMARTS) is 2. The molecule has 2 fully saturated rings. The minimum Gasteiger partial charge on any atom is -0.480 e. The highest BCUT2D eigenvalue weighted by Gasteiger charge is 2.35. The molecule has 0 bridgehead atoms. The Balaban J connectivity index is 1.49. The minimum absolute atomic E-state index is 0.219. The van der Waals surface area contributed by atoms with Gasteiger partial charge in [0.1, 0.15) is 21.7 Å². The van der Waals surface area contributed by atoms with Gasteiger partial charge in [-0.15, -0.1) is 0 Å². The van der Waals surface area contributed by atoms with Crippen LogP contribution in [0.3, 0.4) is 0 Å². The Morgan fingerprint density at radius 3 is 1.67 bits per heavy atom. The lowest BCUT2D eigenvalue weighted by molar-refractivity contribution is -0.140. The molecule has 9 nitrogen and oxygen atoms in total. The zero-order valence-corrected chi connectivity index (χ0v) is 29.1. The number of nitrogens with zero attached hydrogens (tertiary/aromatic N) is 3. The molecule has 240 valence electrons. The number of benzene rings is 2. The molecule has 2 amide bonds. The summed E-state index contributed by atoms with van der Waals surface area (Å²) in [5, 5.41) is 18.4. The number of hydrogen-bond donors (Lipinski definition) is 2. The van der Waals surface area contributed by atoms with Gasteiger partial charge in [-0.2, -0.15) is 0 Å². The van der Waals surface area contributed by atoms with Gasteiger partial charge in [-0.1, -0.05) is 105 Å². The summed E-state index contributed by atoms with van der Waals surface area (Å²) in [4.78, 5) is 55.5. The van der Waals surface area contributed by atoms with E-state index in [0.29, 0.717) is 15.7 Å². The van der Waals surface area contributed by atoms with Crippen molar-refractivity contribution in [2.24, 2.45) is 5.92 Å². The molecule has 2 N–H and O–H groups in total. The van der Waals surface area contributed by atoms with Crippen LogP contribution in [0.15, 0.2) is 56.0 Å². The van der Waals surface area contributed by atoms with Gasteiger partial charge < -0.3 is 15.1 Å². The first-order valence-electron chi connectivity index (χ1n) is 14.7. The minimum atomic E-state index is -1.13. The van der Waals surface area contributed by atoms with E-state index in [-0.39, 0.29) is 8.64 Å². The van der Waals surface area contributed by atoms with Gasteiger partial charge in [0.15, 0.2) is 0 Å². The molecule has 0 saturated carbocycles. The second-order valence-electron chi connectivity index (χ2n) is 10.9. The van der Waals surface area contributed by atoms with Gasteiger partial charge in [-0.05, 0) is 59.9 Å². The number of amides is 2. The van der Waals surface area contributed by atoms with Gasteiger partial charge >= 0.3 is 11.9 Å². The normalized spacial score (nSPS) is 18.5. The molecule has 2 saturated heterocycles. The van der Waals surface area contributed by atoms with Crippen LogP contribution < -0.4 is 4.90 Å². The maximum atomic E-state index is 12.9. The molecule has 0 radical (unpaired) electrons. The van der Waals surface area contributed by atoms with Crippen molar-refractivity contribution >= 4 is 116 Å². The Kier molecular flexibility index (Phi) is 10.9. The fraction of sp³-hybridized carbons (Fsp3) is 0.312. The number of rotatable bonds is 12. The first-order valence-corrected chi connectivity index (χ1v) is 17.9. The molecule has 2 aromatic carbocycles. The topological polar surface area (TPSA) is 118 Å². The van der Waals surface area contributed by atoms with Crippen LogP contribution in [0.25, 0.3) is 12.2 Å². The first kappa shape index (κ1) is 34.2. The van der Waals surface area contributed by atoms with Crippen LogP contribution in [-0.4, -0.2) is 72.0 Å². The van der Waals surface area contributed by atoms with Crippen molar-refractivity contribution < 1.29 is 29.4 Å². The Morgan fingerprint density at radius 1 is 0.783 bits per heavy atom. The third-order valence-corrected chi connectivity index (χ3v) is 11.5. The van der Waals surface area contributed by atoms with Crippen molar-refractivity contribution in [2.75, 3.05) is 24.5 Å². The Morgan fingerprint density at radius 2 is 1.26 bits per heavy atom. The average molecular weight is 714 g/mol. The van der Waals surface area contributed by atoms with Crippen LogP contribution in [0, 0.1) is 5.92 Å². The highest BCUT2D eigenvalue weighted by molar-refractivity contribution is 8.27. The maximum absolute atomic E-state index is 12.9. The Labute approximate surface area is 290 Å². The second-order valence-corrected chi connectivity index (χ2v) is 15.3. The van der Waals surface area contributed by atoms with E-state index in [2.05, 4.69) is 30.9 Å². The van der Waals surface area contributed by atoms with E-state index < -0.39 is 36.8 Å². The number of fused-ring (bicyclic) bond motifs is 2. The van der Waals surface area contributed by atoms with E-state index in [9.17, 15) is 29.4 Å². The van der Waals surface area contributed by atoms with E-state index in [0.717, 1.165) is 97.8 Å². The number of carboxylic acids is 2. The molecular formula is C32H31N3O6S5. The standard InChI is InChI=1S/C32H31N3O6S5/c1-3-5-6-18(4-2)15-33-21-9-7-19(13-25-29(40)34(16-27(36)37)31(42)45-25)11-23(21)44-24-12-20(8-10-22(24)33)14-26-30(41)35(17-28(38)39)32(43)46-26/h7-14,18H,3-6,15-17H2,1-2H3,(H,36,37)(H,38,39). The zero-order valence-electron chi connectivity index (χ0n) is 25.1. The number of carbonyl (C=O) groups is 4. The summed E-state index contributed by atoms with van der Waals surface area (Å²) in [6.45, 7) is 4.29. The maximum Gasteiger partial charge on any atom is 0.323 e. The Hall–Kier alpha value is -3.17. The van der Waals surface area contributed by atoms with Gasteiger partial charge in [-0.25, -0.2) is 0 Å². The summed E-state index contributed by atoms with van der Waals surface area (Å²) >= 11 is 14.3. The third-order valence-electron chi connectivity index (χ3n) is 7.68. The highest BCUT2D eigenvalue weighted by atomic mass is 32.2. The molecule has 3 heterocycles. The predicted octanol–water partition coefficient (Wildman–Crippen LogP) is 7.08. The molecule has 3 aliphatic rings. The van der Waals surface area contributed by atoms with E-state index in [1.165, 1.54) is 0 Å². The van der Waals surface area contributed by atoms with E-state index >= 15 is 0 Å². The number of anilines is 2. The summed E-state index contributed by atoms with van der Waals surface area (Å²) in [7, 11) is 0. The van der Waals surface area contributed by atoms with E-state index in [1.807, 2.05) is 24.3 Å². The number of thiocarbonyl (C=S) groups is 2.